The van der Waals surface area contributed by atoms with E-state index in [4.69, 9.17) is 0 Å². The summed E-state index contributed by atoms with van der Waals surface area (Å²) in [5.41, 5.74) is -0.0339. The van der Waals surface area contributed by atoms with E-state index >= 15 is 0 Å². The van der Waals surface area contributed by atoms with Gasteiger partial charge < -0.3 is 10.6 Å². The van der Waals surface area contributed by atoms with Crippen molar-refractivity contribution in [1.29, 1.82) is 0 Å². The molecule has 1 aliphatic carbocycles. The van der Waals surface area contributed by atoms with Crippen LogP contribution in [0, 0.1) is 5.92 Å². The first-order chi connectivity index (χ1) is 10.0. The fourth-order valence-corrected chi connectivity index (χ4v) is 3.92. The van der Waals surface area contributed by atoms with Gasteiger partial charge in [0.15, 0.2) is 0 Å². The SMILES string of the molecule is CNC1(CC(=O)Nc2nnc(CC(C)C)s2)CCCCC1. The number of carbonyl (C=O) groups is 1. The lowest BCUT2D eigenvalue weighted by Crippen LogP contribution is -2.47. The predicted molar refractivity (Wildman–Crippen MR) is 86.6 cm³/mol. The summed E-state index contributed by atoms with van der Waals surface area (Å²) in [6, 6.07) is 0. The van der Waals surface area contributed by atoms with Gasteiger partial charge in [0.05, 0.1) is 0 Å². The third-order valence-electron chi connectivity index (χ3n) is 4.14. The molecule has 0 aromatic carbocycles. The quantitative estimate of drug-likeness (QED) is 0.847. The molecule has 0 radical (unpaired) electrons. The highest BCUT2D eigenvalue weighted by molar-refractivity contribution is 7.15. The summed E-state index contributed by atoms with van der Waals surface area (Å²) in [6.07, 6.45) is 7.25. The standard InChI is InChI=1S/C15H26N4OS/c1-11(2)9-13-18-19-14(21-13)17-12(20)10-15(16-3)7-5-4-6-8-15/h11,16H,4-10H2,1-3H3,(H,17,19,20). The van der Waals surface area contributed by atoms with Crippen LogP contribution in [0.25, 0.3) is 0 Å². The zero-order valence-corrected chi connectivity index (χ0v) is 14.1. The minimum atomic E-state index is -0.0339. The summed E-state index contributed by atoms with van der Waals surface area (Å²) in [6.45, 7) is 4.30. The third kappa shape index (κ3) is 4.74. The second-order valence-corrected chi connectivity index (χ2v) is 7.48. The molecule has 1 saturated carbocycles. The molecule has 118 valence electrons. The Bertz CT molecular complexity index is 466. The third-order valence-corrected chi connectivity index (χ3v) is 5.00. The Hall–Kier alpha value is -1.01. The Labute approximate surface area is 130 Å². The molecule has 0 spiro atoms. The summed E-state index contributed by atoms with van der Waals surface area (Å²) in [5.74, 6) is 0.592. The van der Waals surface area contributed by atoms with Gasteiger partial charge in [-0.3, -0.25) is 4.79 Å². The van der Waals surface area contributed by atoms with Gasteiger partial charge in [-0.15, -0.1) is 10.2 Å². The first-order valence-corrected chi connectivity index (χ1v) is 8.66. The number of hydrogen-bond acceptors (Lipinski definition) is 5. The molecular formula is C15H26N4OS. The van der Waals surface area contributed by atoms with Gasteiger partial charge in [0.25, 0.3) is 0 Å². The number of carbonyl (C=O) groups excluding carboxylic acids is 1. The van der Waals surface area contributed by atoms with E-state index in [2.05, 4.69) is 34.7 Å². The Morgan fingerprint density at radius 2 is 2.00 bits per heavy atom. The molecule has 1 heterocycles. The van der Waals surface area contributed by atoms with E-state index in [9.17, 15) is 4.79 Å². The van der Waals surface area contributed by atoms with Crippen LogP contribution in [0.4, 0.5) is 5.13 Å². The van der Waals surface area contributed by atoms with Crippen LogP contribution in [0.15, 0.2) is 0 Å². The maximum Gasteiger partial charge on any atom is 0.228 e. The molecule has 2 rings (SSSR count). The second-order valence-electron chi connectivity index (χ2n) is 6.41. The van der Waals surface area contributed by atoms with Crippen LogP contribution in [-0.2, 0) is 11.2 Å². The lowest BCUT2D eigenvalue weighted by molar-refractivity contribution is -0.117. The largest absolute Gasteiger partial charge is 0.314 e. The van der Waals surface area contributed by atoms with Crippen LogP contribution in [-0.4, -0.2) is 28.7 Å². The van der Waals surface area contributed by atoms with Gasteiger partial charge in [-0.2, -0.15) is 0 Å². The number of amides is 1. The molecule has 0 bridgehead atoms. The molecule has 0 unspecified atom stereocenters. The van der Waals surface area contributed by atoms with E-state index in [-0.39, 0.29) is 11.4 Å². The van der Waals surface area contributed by atoms with E-state index in [1.807, 2.05) is 7.05 Å². The molecule has 21 heavy (non-hydrogen) atoms. The minimum Gasteiger partial charge on any atom is -0.314 e. The first-order valence-electron chi connectivity index (χ1n) is 7.84. The molecule has 1 aromatic rings. The van der Waals surface area contributed by atoms with E-state index in [1.165, 1.54) is 30.6 Å². The maximum absolute atomic E-state index is 12.3. The van der Waals surface area contributed by atoms with E-state index in [1.54, 1.807) is 0 Å². The zero-order chi connectivity index (χ0) is 15.3. The Kier molecular flexibility index (Phi) is 5.70. The van der Waals surface area contributed by atoms with E-state index in [0.29, 0.717) is 17.5 Å². The van der Waals surface area contributed by atoms with Crippen molar-refractivity contribution in [2.45, 2.75) is 64.3 Å². The Balaban J connectivity index is 1.90. The Morgan fingerprint density at radius 1 is 1.29 bits per heavy atom. The fourth-order valence-electron chi connectivity index (χ4n) is 2.95. The van der Waals surface area contributed by atoms with Gasteiger partial charge in [-0.1, -0.05) is 44.4 Å². The van der Waals surface area contributed by atoms with Crippen molar-refractivity contribution in [2.75, 3.05) is 12.4 Å². The number of nitrogens with zero attached hydrogens (tertiary/aromatic N) is 2. The number of aromatic nitrogens is 2. The van der Waals surface area contributed by atoms with Crippen LogP contribution in [0.3, 0.4) is 0 Å². The predicted octanol–water partition coefficient (Wildman–Crippen LogP) is 2.99. The molecule has 0 aliphatic heterocycles. The van der Waals surface area contributed by atoms with Crippen LogP contribution < -0.4 is 10.6 Å². The van der Waals surface area contributed by atoms with Crippen LogP contribution in [0.5, 0.6) is 0 Å². The summed E-state index contributed by atoms with van der Waals surface area (Å²) >= 11 is 1.48. The van der Waals surface area contributed by atoms with Crippen molar-refractivity contribution in [3.8, 4) is 0 Å². The molecule has 1 fully saturated rings. The number of rotatable bonds is 6. The average molecular weight is 310 g/mol. The number of anilines is 1. The topological polar surface area (TPSA) is 66.9 Å². The molecule has 2 N–H and O–H groups in total. The van der Waals surface area contributed by atoms with Crippen molar-refractivity contribution < 1.29 is 4.79 Å². The van der Waals surface area contributed by atoms with Crippen molar-refractivity contribution >= 4 is 22.4 Å². The summed E-state index contributed by atoms with van der Waals surface area (Å²) in [7, 11) is 1.96. The normalized spacial score (nSPS) is 17.9. The molecule has 5 nitrogen and oxygen atoms in total. The first kappa shape index (κ1) is 16.4. The van der Waals surface area contributed by atoms with Gasteiger partial charge in [0, 0.05) is 18.4 Å². The van der Waals surface area contributed by atoms with Crippen LogP contribution >= 0.6 is 11.3 Å². The molecule has 1 aliphatic rings. The molecule has 0 saturated heterocycles. The van der Waals surface area contributed by atoms with Crippen LogP contribution in [0.2, 0.25) is 0 Å². The van der Waals surface area contributed by atoms with Crippen molar-refractivity contribution in [3.63, 3.8) is 0 Å². The fraction of sp³-hybridized carbons (Fsp3) is 0.800. The highest BCUT2D eigenvalue weighted by Gasteiger charge is 2.32. The molecule has 0 atom stereocenters. The average Bonchev–Trinajstić information content (AvgIpc) is 2.85. The van der Waals surface area contributed by atoms with Crippen LogP contribution in [0.1, 0.15) is 57.4 Å². The molecule has 1 amide bonds. The van der Waals surface area contributed by atoms with Crippen molar-refractivity contribution in [2.24, 2.45) is 5.92 Å². The van der Waals surface area contributed by atoms with E-state index < -0.39 is 0 Å². The lowest BCUT2D eigenvalue weighted by Gasteiger charge is -2.36. The monoisotopic (exact) mass is 310 g/mol. The molecule has 1 aromatic heterocycles. The summed E-state index contributed by atoms with van der Waals surface area (Å²) in [4.78, 5) is 12.3. The summed E-state index contributed by atoms with van der Waals surface area (Å²) in [5, 5.41) is 16.1. The smallest absolute Gasteiger partial charge is 0.228 e. The maximum atomic E-state index is 12.3. The second kappa shape index (κ2) is 7.31. The van der Waals surface area contributed by atoms with Gasteiger partial charge in [-0.05, 0) is 25.8 Å². The molecular weight excluding hydrogens is 284 g/mol. The zero-order valence-electron chi connectivity index (χ0n) is 13.2. The minimum absolute atomic E-state index is 0.0339. The highest BCUT2D eigenvalue weighted by atomic mass is 32.1. The lowest BCUT2D eigenvalue weighted by atomic mass is 9.79. The summed E-state index contributed by atoms with van der Waals surface area (Å²) < 4.78 is 0. The van der Waals surface area contributed by atoms with Gasteiger partial charge in [0.1, 0.15) is 5.01 Å². The molecule has 6 heteroatoms. The van der Waals surface area contributed by atoms with Crippen molar-refractivity contribution in [1.82, 2.24) is 15.5 Å². The van der Waals surface area contributed by atoms with Gasteiger partial charge in [0.2, 0.25) is 11.0 Å². The Morgan fingerprint density at radius 3 is 2.62 bits per heavy atom. The highest BCUT2D eigenvalue weighted by Crippen LogP contribution is 2.31. The van der Waals surface area contributed by atoms with E-state index in [0.717, 1.165) is 24.3 Å². The van der Waals surface area contributed by atoms with Gasteiger partial charge >= 0.3 is 0 Å². The number of hydrogen-bond donors (Lipinski definition) is 2. The van der Waals surface area contributed by atoms with Gasteiger partial charge in [-0.25, -0.2) is 0 Å². The number of nitrogens with one attached hydrogen (secondary N) is 2. The van der Waals surface area contributed by atoms with Crippen molar-refractivity contribution in [3.05, 3.63) is 5.01 Å².